The molecule has 1 heterocycles. The van der Waals surface area contributed by atoms with Gasteiger partial charge >= 0.3 is 10.3 Å². The minimum absolute atomic E-state index is 0.0716. The number of aryl methyl sites for hydroxylation is 1. The molecule has 0 saturated heterocycles. The van der Waals surface area contributed by atoms with Crippen LogP contribution in [0.4, 0.5) is 5.69 Å². The Balaban J connectivity index is 2.32. The van der Waals surface area contributed by atoms with Gasteiger partial charge in [0.15, 0.2) is 0 Å². The van der Waals surface area contributed by atoms with Crippen LogP contribution >= 0.6 is 0 Å². The lowest BCUT2D eigenvalue weighted by atomic mass is 10.0. The lowest BCUT2D eigenvalue weighted by Crippen LogP contribution is -2.28. The highest BCUT2D eigenvalue weighted by molar-refractivity contribution is 7.87. The number of ether oxygens (including phenoxy) is 1. The lowest BCUT2D eigenvalue weighted by molar-refractivity contribution is 0.0979. The fourth-order valence-corrected chi connectivity index (χ4v) is 2.25. The molecular formula is C11H15NO5S. The predicted molar refractivity (Wildman–Crippen MR) is 66.2 cm³/mol. The maximum Gasteiger partial charge on any atom is 0.359 e. The standard InChI is InChI=1S/C11H15NO5S/c1-12(18(14,15)16)9-4-2-8-3-5-10(7-13)17-11(8)6-9/h2,4,6,10,13H,3,5,7H2,1H3,(H,14,15,16)/t10-/m1/s1. The Labute approximate surface area is 106 Å². The van der Waals surface area contributed by atoms with E-state index in [4.69, 9.17) is 14.4 Å². The van der Waals surface area contributed by atoms with Crippen molar-refractivity contribution >= 4 is 16.0 Å². The Morgan fingerprint density at radius 2 is 2.22 bits per heavy atom. The summed E-state index contributed by atoms with van der Waals surface area (Å²) < 4.78 is 37.3. The Kier molecular flexibility index (Phi) is 3.47. The summed E-state index contributed by atoms with van der Waals surface area (Å²) in [4.78, 5) is 0. The molecule has 100 valence electrons. The van der Waals surface area contributed by atoms with Gasteiger partial charge in [-0.3, -0.25) is 8.86 Å². The molecule has 0 spiro atoms. The quantitative estimate of drug-likeness (QED) is 0.788. The number of rotatable bonds is 3. The molecule has 1 aromatic carbocycles. The van der Waals surface area contributed by atoms with Gasteiger partial charge in [-0.05, 0) is 24.5 Å². The van der Waals surface area contributed by atoms with Crippen molar-refractivity contribution in [2.75, 3.05) is 18.0 Å². The lowest BCUT2D eigenvalue weighted by Gasteiger charge is -2.26. The molecule has 0 fully saturated rings. The van der Waals surface area contributed by atoms with Crippen molar-refractivity contribution in [3.63, 3.8) is 0 Å². The summed E-state index contributed by atoms with van der Waals surface area (Å²) in [5.41, 5.74) is 1.28. The van der Waals surface area contributed by atoms with Crippen molar-refractivity contribution in [3.8, 4) is 5.75 Å². The molecule has 2 rings (SSSR count). The van der Waals surface area contributed by atoms with Crippen LogP contribution < -0.4 is 9.04 Å². The molecule has 18 heavy (non-hydrogen) atoms. The van der Waals surface area contributed by atoms with Crippen LogP contribution in [0.15, 0.2) is 18.2 Å². The largest absolute Gasteiger partial charge is 0.488 e. The average molecular weight is 273 g/mol. The second-order valence-electron chi connectivity index (χ2n) is 4.20. The van der Waals surface area contributed by atoms with Crippen LogP contribution in [0.5, 0.6) is 5.75 Å². The molecular weight excluding hydrogens is 258 g/mol. The van der Waals surface area contributed by atoms with Gasteiger partial charge in [-0.25, -0.2) is 0 Å². The molecule has 1 aliphatic rings. The summed E-state index contributed by atoms with van der Waals surface area (Å²) in [6.45, 7) is -0.0716. The van der Waals surface area contributed by atoms with Gasteiger partial charge in [0, 0.05) is 13.1 Å². The third kappa shape index (κ3) is 2.58. The number of aliphatic hydroxyl groups excluding tert-OH is 1. The van der Waals surface area contributed by atoms with Gasteiger partial charge in [0.25, 0.3) is 0 Å². The second kappa shape index (κ2) is 4.75. The van der Waals surface area contributed by atoms with Crippen LogP contribution in [-0.2, 0) is 16.7 Å². The first kappa shape index (κ1) is 13.1. The number of hydrogen-bond donors (Lipinski definition) is 2. The van der Waals surface area contributed by atoms with Gasteiger partial charge in [-0.1, -0.05) is 6.07 Å². The fourth-order valence-electron chi connectivity index (χ4n) is 1.87. The number of nitrogens with zero attached hydrogens (tertiary/aromatic N) is 1. The van der Waals surface area contributed by atoms with E-state index in [9.17, 15) is 8.42 Å². The molecule has 0 radical (unpaired) electrons. The molecule has 1 atom stereocenters. The topological polar surface area (TPSA) is 87.1 Å². The Bertz CT molecular complexity index is 542. The zero-order valence-corrected chi connectivity index (χ0v) is 10.7. The Hall–Kier alpha value is -1.31. The van der Waals surface area contributed by atoms with E-state index in [1.807, 2.05) is 0 Å². The molecule has 0 amide bonds. The molecule has 0 unspecified atom stereocenters. The van der Waals surface area contributed by atoms with Crippen LogP contribution in [-0.4, -0.2) is 37.8 Å². The molecule has 1 aromatic rings. The molecule has 2 N–H and O–H groups in total. The van der Waals surface area contributed by atoms with Crippen molar-refractivity contribution in [1.29, 1.82) is 0 Å². The van der Waals surface area contributed by atoms with Gasteiger partial charge in [-0.15, -0.1) is 0 Å². The van der Waals surface area contributed by atoms with E-state index in [-0.39, 0.29) is 12.7 Å². The summed E-state index contributed by atoms with van der Waals surface area (Å²) in [6, 6.07) is 4.92. The number of aliphatic hydroxyl groups is 1. The van der Waals surface area contributed by atoms with E-state index in [0.29, 0.717) is 11.4 Å². The third-order valence-electron chi connectivity index (χ3n) is 2.99. The van der Waals surface area contributed by atoms with Crippen LogP contribution in [0, 0.1) is 0 Å². The summed E-state index contributed by atoms with van der Waals surface area (Å²) in [6.07, 6.45) is 1.25. The smallest absolute Gasteiger partial charge is 0.359 e. The molecule has 0 aromatic heterocycles. The maximum atomic E-state index is 11.0. The molecule has 1 aliphatic heterocycles. The van der Waals surface area contributed by atoms with E-state index in [0.717, 1.165) is 22.7 Å². The van der Waals surface area contributed by atoms with Crippen molar-refractivity contribution in [2.24, 2.45) is 0 Å². The zero-order valence-electron chi connectivity index (χ0n) is 9.91. The molecule has 6 nitrogen and oxygen atoms in total. The van der Waals surface area contributed by atoms with Gasteiger partial charge in [0.2, 0.25) is 0 Å². The normalized spacial score (nSPS) is 18.9. The monoisotopic (exact) mass is 273 g/mol. The summed E-state index contributed by atoms with van der Waals surface area (Å²) >= 11 is 0. The van der Waals surface area contributed by atoms with Gasteiger partial charge in [0.05, 0.1) is 12.3 Å². The molecule has 7 heteroatoms. The van der Waals surface area contributed by atoms with E-state index < -0.39 is 10.3 Å². The first-order valence-corrected chi connectivity index (χ1v) is 6.93. The molecule has 0 bridgehead atoms. The number of hydrogen-bond acceptors (Lipinski definition) is 4. The SMILES string of the molecule is CN(c1ccc2c(c1)O[C@@H](CO)CC2)S(=O)(=O)O. The zero-order chi connectivity index (χ0) is 13.3. The number of anilines is 1. The van der Waals surface area contributed by atoms with Gasteiger partial charge in [-0.2, -0.15) is 8.42 Å². The first-order chi connectivity index (χ1) is 8.41. The van der Waals surface area contributed by atoms with Crippen molar-refractivity contribution in [3.05, 3.63) is 23.8 Å². The maximum absolute atomic E-state index is 11.0. The predicted octanol–water partition coefficient (Wildman–Crippen LogP) is 0.612. The third-order valence-corrected chi connectivity index (χ3v) is 3.90. The highest BCUT2D eigenvalue weighted by Crippen LogP contribution is 2.31. The van der Waals surface area contributed by atoms with Crippen LogP contribution in [0.3, 0.4) is 0 Å². The van der Waals surface area contributed by atoms with Crippen LogP contribution in [0.1, 0.15) is 12.0 Å². The summed E-state index contributed by atoms with van der Waals surface area (Å²) in [5.74, 6) is 0.549. The minimum atomic E-state index is -4.27. The first-order valence-electron chi connectivity index (χ1n) is 5.53. The van der Waals surface area contributed by atoms with E-state index in [1.165, 1.54) is 7.05 Å². The van der Waals surface area contributed by atoms with Crippen molar-refractivity contribution in [2.45, 2.75) is 18.9 Å². The highest BCUT2D eigenvalue weighted by atomic mass is 32.2. The number of benzene rings is 1. The summed E-state index contributed by atoms with van der Waals surface area (Å²) in [7, 11) is -3.02. The van der Waals surface area contributed by atoms with Crippen LogP contribution in [0.25, 0.3) is 0 Å². The second-order valence-corrected chi connectivity index (χ2v) is 5.64. The highest BCUT2D eigenvalue weighted by Gasteiger charge is 2.21. The van der Waals surface area contributed by atoms with E-state index >= 15 is 0 Å². The van der Waals surface area contributed by atoms with E-state index in [2.05, 4.69) is 0 Å². The molecule has 0 aliphatic carbocycles. The van der Waals surface area contributed by atoms with Crippen molar-refractivity contribution < 1.29 is 22.8 Å². The van der Waals surface area contributed by atoms with E-state index in [1.54, 1.807) is 18.2 Å². The minimum Gasteiger partial charge on any atom is -0.488 e. The van der Waals surface area contributed by atoms with Crippen molar-refractivity contribution in [1.82, 2.24) is 0 Å². The Morgan fingerprint density at radius 1 is 1.50 bits per heavy atom. The average Bonchev–Trinajstić information content (AvgIpc) is 2.35. The van der Waals surface area contributed by atoms with Gasteiger partial charge in [0.1, 0.15) is 11.9 Å². The van der Waals surface area contributed by atoms with Gasteiger partial charge < -0.3 is 9.84 Å². The molecule has 0 saturated carbocycles. The number of fused-ring (bicyclic) bond motifs is 1. The fraction of sp³-hybridized carbons (Fsp3) is 0.455. The van der Waals surface area contributed by atoms with Crippen LogP contribution in [0.2, 0.25) is 0 Å². The Morgan fingerprint density at radius 3 is 2.83 bits per heavy atom. The summed E-state index contributed by atoms with van der Waals surface area (Å²) in [5, 5.41) is 9.05.